The van der Waals surface area contributed by atoms with Crippen LogP contribution in [0.2, 0.25) is 0 Å². The third-order valence-electron chi connectivity index (χ3n) is 4.69. The molecule has 2 heterocycles. The maximum Gasteiger partial charge on any atom is 0.317 e. The van der Waals surface area contributed by atoms with Gasteiger partial charge in [-0.25, -0.2) is 13.6 Å². The Kier molecular flexibility index (Phi) is 3.53. The molecule has 5 nitrogen and oxygen atoms in total. The number of halogens is 2. The van der Waals surface area contributed by atoms with Gasteiger partial charge in [0.2, 0.25) is 5.91 Å². The molecule has 21 heavy (non-hydrogen) atoms. The van der Waals surface area contributed by atoms with Gasteiger partial charge in [0.15, 0.2) is 0 Å². The second kappa shape index (κ2) is 5.10. The van der Waals surface area contributed by atoms with Crippen LogP contribution in [0.4, 0.5) is 13.6 Å². The molecule has 0 aromatic carbocycles. The molecule has 0 bridgehead atoms. The number of amides is 3. The minimum Gasteiger partial charge on any atom is -0.338 e. The highest BCUT2D eigenvalue weighted by atomic mass is 19.3. The van der Waals surface area contributed by atoms with E-state index in [0.29, 0.717) is 19.0 Å². The number of urea groups is 1. The summed E-state index contributed by atoms with van der Waals surface area (Å²) in [5, 5.41) is 2.82. The molecule has 1 aliphatic carbocycles. The number of nitrogens with one attached hydrogen (secondary N) is 1. The van der Waals surface area contributed by atoms with Crippen molar-refractivity contribution in [3.8, 4) is 0 Å². The van der Waals surface area contributed by atoms with Crippen molar-refractivity contribution in [1.82, 2.24) is 15.1 Å². The number of alkyl halides is 2. The molecule has 0 spiro atoms. The van der Waals surface area contributed by atoms with E-state index in [9.17, 15) is 18.4 Å². The molecule has 3 aliphatic rings. The second-order valence-corrected chi connectivity index (χ2v) is 6.49. The fourth-order valence-electron chi connectivity index (χ4n) is 3.10. The monoisotopic (exact) mass is 301 g/mol. The first kappa shape index (κ1) is 14.5. The summed E-state index contributed by atoms with van der Waals surface area (Å²) in [6, 6.07) is -0.163. The summed E-state index contributed by atoms with van der Waals surface area (Å²) < 4.78 is 26.9. The Labute approximate surface area is 122 Å². The van der Waals surface area contributed by atoms with E-state index < -0.39 is 11.8 Å². The Hall–Kier alpha value is -1.40. The lowest BCUT2D eigenvalue weighted by atomic mass is 9.96. The van der Waals surface area contributed by atoms with Crippen LogP contribution in [0.25, 0.3) is 0 Å². The average molecular weight is 301 g/mol. The Balaban J connectivity index is 1.52. The van der Waals surface area contributed by atoms with Crippen LogP contribution < -0.4 is 5.32 Å². The van der Waals surface area contributed by atoms with E-state index in [2.05, 4.69) is 5.32 Å². The Morgan fingerprint density at radius 1 is 1.33 bits per heavy atom. The summed E-state index contributed by atoms with van der Waals surface area (Å²) in [5.74, 6) is -3.44. The molecule has 0 aromatic heterocycles. The minimum atomic E-state index is -2.69. The maximum atomic E-state index is 13.4. The second-order valence-electron chi connectivity index (χ2n) is 6.49. The molecule has 2 atom stereocenters. The first-order valence-corrected chi connectivity index (χ1v) is 7.59. The number of hydrogen-bond donors (Lipinski definition) is 1. The molecule has 1 saturated carbocycles. The molecule has 0 radical (unpaired) electrons. The van der Waals surface area contributed by atoms with Crippen molar-refractivity contribution in [3.63, 3.8) is 0 Å². The Bertz CT molecular complexity index is 454. The third kappa shape index (κ3) is 2.96. The summed E-state index contributed by atoms with van der Waals surface area (Å²) in [4.78, 5) is 27.2. The molecule has 118 valence electrons. The van der Waals surface area contributed by atoms with E-state index in [0.717, 1.165) is 12.8 Å². The van der Waals surface area contributed by atoms with Crippen molar-refractivity contribution < 1.29 is 18.4 Å². The number of likely N-dealkylation sites (tertiary alicyclic amines) is 2. The summed E-state index contributed by atoms with van der Waals surface area (Å²) >= 11 is 0. The van der Waals surface area contributed by atoms with E-state index in [-0.39, 0.29) is 37.5 Å². The number of piperidine rings is 1. The van der Waals surface area contributed by atoms with Gasteiger partial charge < -0.3 is 15.1 Å². The summed E-state index contributed by atoms with van der Waals surface area (Å²) in [7, 11) is 0. The fraction of sp³-hybridized carbons (Fsp3) is 0.857. The van der Waals surface area contributed by atoms with Crippen LogP contribution in [0.3, 0.4) is 0 Å². The van der Waals surface area contributed by atoms with Crippen LogP contribution in [-0.2, 0) is 4.79 Å². The van der Waals surface area contributed by atoms with Gasteiger partial charge in [-0.05, 0) is 12.8 Å². The van der Waals surface area contributed by atoms with E-state index in [1.807, 2.05) is 4.90 Å². The molecule has 2 aliphatic heterocycles. The van der Waals surface area contributed by atoms with Crippen molar-refractivity contribution in [2.75, 3.05) is 19.6 Å². The van der Waals surface area contributed by atoms with Crippen LogP contribution in [0.5, 0.6) is 0 Å². The standard InChI is InChI=1S/C14H21F2N3O2/c1-9-7-18(5-4-14(9,15)16)13(21)17-10-6-12(20)19(8-10)11-2-3-11/h9-11H,2-8H2,1H3,(H,17,21). The molecule has 3 fully saturated rings. The lowest BCUT2D eigenvalue weighted by molar-refractivity contribution is -0.128. The van der Waals surface area contributed by atoms with Crippen LogP contribution in [0, 0.1) is 5.92 Å². The van der Waals surface area contributed by atoms with Crippen molar-refractivity contribution in [2.24, 2.45) is 5.92 Å². The van der Waals surface area contributed by atoms with Crippen LogP contribution >= 0.6 is 0 Å². The van der Waals surface area contributed by atoms with Crippen LogP contribution in [0.15, 0.2) is 0 Å². The van der Waals surface area contributed by atoms with Crippen molar-refractivity contribution >= 4 is 11.9 Å². The molecule has 1 N–H and O–H groups in total. The predicted molar refractivity (Wildman–Crippen MR) is 72.0 cm³/mol. The number of nitrogens with zero attached hydrogens (tertiary/aromatic N) is 2. The highest BCUT2D eigenvalue weighted by molar-refractivity contribution is 5.82. The molecule has 3 rings (SSSR count). The zero-order valence-electron chi connectivity index (χ0n) is 12.1. The quantitative estimate of drug-likeness (QED) is 0.839. The van der Waals surface area contributed by atoms with Gasteiger partial charge in [0.1, 0.15) is 0 Å². The average Bonchev–Trinajstić information content (AvgIpc) is 3.18. The van der Waals surface area contributed by atoms with E-state index in [1.54, 1.807) is 0 Å². The number of hydrogen-bond acceptors (Lipinski definition) is 2. The Morgan fingerprint density at radius 2 is 2.05 bits per heavy atom. The third-order valence-corrected chi connectivity index (χ3v) is 4.69. The number of carbonyl (C=O) groups excluding carboxylic acids is 2. The van der Waals surface area contributed by atoms with Gasteiger partial charge in [0.05, 0.1) is 6.04 Å². The first-order chi connectivity index (χ1) is 9.87. The fourth-order valence-corrected chi connectivity index (χ4v) is 3.10. The van der Waals surface area contributed by atoms with Crippen molar-refractivity contribution in [2.45, 2.75) is 50.6 Å². The molecule has 7 heteroatoms. The number of carbonyl (C=O) groups is 2. The van der Waals surface area contributed by atoms with E-state index >= 15 is 0 Å². The smallest absolute Gasteiger partial charge is 0.317 e. The molecular weight excluding hydrogens is 280 g/mol. The van der Waals surface area contributed by atoms with Crippen LogP contribution in [-0.4, -0.2) is 59.4 Å². The molecule has 2 unspecified atom stereocenters. The highest BCUT2D eigenvalue weighted by Gasteiger charge is 2.44. The van der Waals surface area contributed by atoms with Gasteiger partial charge in [0, 0.05) is 44.4 Å². The molecule has 0 aromatic rings. The zero-order chi connectivity index (χ0) is 15.2. The summed E-state index contributed by atoms with van der Waals surface area (Å²) in [6.07, 6.45) is 2.12. The topological polar surface area (TPSA) is 52.7 Å². The van der Waals surface area contributed by atoms with Gasteiger partial charge in [-0.3, -0.25) is 4.79 Å². The predicted octanol–water partition coefficient (Wildman–Crippen LogP) is 1.44. The maximum absolute atomic E-state index is 13.4. The minimum absolute atomic E-state index is 0.0613. The lowest BCUT2D eigenvalue weighted by Crippen LogP contribution is -2.53. The number of rotatable bonds is 2. The van der Waals surface area contributed by atoms with Gasteiger partial charge in [-0.1, -0.05) is 6.92 Å². The largest absolute Gasteiger partial charge is 0.338 e. The lowest BCUT2D eigenvalue weighted by Gasteiger charge is -2.37. The highest BCUT2D eigenvalue weighted by Crippen LogP contribution is 2.33. The zero-order valence-corrected chi connectivity index (χ0v) is 12.1. The SMILES string of the molecule is CC1CN(C(=O)NC2CC(=O)N(C3CC3)C2)CCC1(F)F. The van der Waals surface area contributed by atoms with Crippen LogP contribution in [0.1, 0.15) is 32.6 Å². The normalized spacial score (nSPS) is 32.4. The molecular formula is C14H21F2N3O2. The van der Waals surface area contributed by atoms with Gasteiger partial charge >= 0.3 is 6.03 Å². The van der Waals surface area contributed by atoms with Gasteiger partial charge in [0.25, 0.3) is 5.92 Å². The molecule has 3 amide bonds. The van der Waals surface area contributed by atoms with E-state index in [1.165, 1.54) is 11.8 Å². The first-order valence-electron chi connectivity index (χ1n) is 7.59. The summed E-state index contributed by atoms with van der Waals surface area (Å²) in [5.41, 5.74) is 0. The van der Waals surface area contributed by atoms with Crippen molar-refractivity contribution in [3.05, 3.63) is 0 Å². The van der Waals surface area contributed by atoms with Crippen molar-refractivity contribution in [1.29, 1.82) is 0 Å². The summed E-state index contributed by atoms with van der Waals surface area (Å²) in [6.45, 7) is 2.14. The molecule has 2 saturated heterocycles. The van der Waals surface area contributed by atoms with Gasteiger partial charge in [-0.2, -0.15) is 0 Å². The Morgan fingerprint density at radius 3 is 2.67 bits per heavy atom. The van der Waals surface area contributed by atoms with E-state index in [4.69, 9.17) is 0 Å². The van der Waals surface area contributed by atoms with Gasteiger partial charge in [-0.15, -0.1) is 0 Å².